The molecule has 26 heavy (non-hydrogen) atoms. The molecule has 4 rings (SSSR count). The third-order valence-corrected chi connectivity index (χ3v) is 4.95. The summed E-state index contributed by atoms with van der Waals surface area (Å²) in [7, 11) is 0. The molecule has 132 valence electrons. The zero-order valence-corrected chi connectivity index (χ0v) is 14.3. The average molecular weight is 348 g/mol. The number of aliphatic hydroxyl groups excluding tert-OH is 1. The zero-order chi connectivity index (χ0) is 17.9. The smallest absolute Gasteiger partial charge is 0.253 e. The predicted molar refractivity (Wildman–Crippen MR) is 97.6 cm³/mol. The molecule has 1 aliphatic rings. The lowest BCUT2D eigenvalue weighted by molar-refractivity contribution is 0.0382. The van der Waals surface area contributed by atoms with Gasteiger partial charge in [0.05, 0.1) is 12.3 Å². The summed E-state index contributed by atoms with van der Waals surface area (Å²) in [6.45, 7) is 0.988. The molecule has 0 saturated carbocycles. The minimum Gasteiger partial charge on any atom is -0.444 e. The third-order valence-electron chi connectivity index (χ3n) is 4.95. The minimum atomic E-state index is -0.552. The van der Waals surface area contributed by atoms with Gasteiger partial charge in [-0.05, 0) is 24.1 Å². The van der Waals surface area contributed by atoms with Gasteiger partial charge in [-0.25, -0.2) is 4.98 Å². The molecule has 1 aliphatic heterocycles. The number of likely N-dealkylation sites (tertiary alicyclic amines) is 1. The van der Waals surface area contributed by atoms with Crippen molar-refractivity contribution in [3.05, 3.63) is 78.3 Å². The summed E-state index contributed by atoms with van der Waals surface area (Å²) in [5, 5.41) is 10.5. The van der Waals surface area contributed by atoms with Gasteiger partial charge >= 0.3 is 0 Å². The van der Waals surface area contributed by atoms with Gasteiger partial charge in [0.1, 0.15) is 0 Å². The van der Waals surface area contributed by atoms with E-state index in [0.717, 1.165) is 17.5 Å². The van der Waals surface area contributed by atoms with Crippen LogP contribution in [0, 0.1) is 0 Å². The largest absolute Gasteiger partial charge is 0.444 e. The fraction of sp³-hybridized carbons (Fsp3) is 0.238. The van der Waals surface area contributed by atoms with Crippen molar-refractivity contribution in [2.75, 3.05) is 13.1 Å². The molecule has 2 aromatic carbocycles. The number of hydrogen-bond acceptors (Lipinski definition) is 4. The van der Waals surface area contributed by atoms with Crippen molar-refractivity contribution in [1.29, 1.82) is 0 Å². The monoisotopic (exact) mass is 348 g/mol. The number of nitrogens with zero attached hydrogens (tertiary/aromatic N) is 2. The molecular formula is C21H20N2O3. The Hall–Kier alpha value is -2.92. The number of hydrogen-bond donors (Lipinski definition) is 1. The zero-order valence-electron chi connectivity index (χ0n) is 14.3. The van der Waals surface area contributed by atoms with Crippen molar-refractivity contribution in [1.82, 2.24) is 9.88 Å². The van der Waals surface area contributed by atoms with Gasteiger partial charge in [0.25, 0.3) is 5.91 Å². The molecule has 0 aliphatic carbocycles. The van der Waals surface area contributed by atoms with E-state index in [1.165, 1.54) is 6.39 Å². The lowest BCUT2D eigenvalue weighted by atomic mass is 9.87. The van der Waals surface area contributed by atoms with Crippen LogP contribution in [0.2, 0.25) is 0 Å². The summed E-state index contributed by atoms with van der Waals surface area (Å²) in [5.41, 5.74) is 2.61. The Kier molecular flexibility index (Phi) is 4.54. The summed E-state index contributed by atoms with van der Waals surface area (Å²) in [6.07, 6.45) is 3.23. The molecule has 2 atom stereocenters. The third kappa shape index (κ3) is 3.26. The molecule has 1 amide bonds. The predicted octanol–water partition coefficient (Wildman–Crippen LogP) is 3.33. The van der Waals surface area contributed by atoms with E-state index >= 15 is 0 Å². The molecular weight excluding hydrogens is 328 g/mol. The molecule has 2 heterocycles. The van der Waals surface area contributed by atoms with Crippen LogP contribution in [0.5, 0.6) is 0 Å². The molecule has 0 bridgehead atoms. The van der Waals surface area contributed by atoms with Gasteiger partial charge in [0, 0.05) is 30.1 Å². The van der Waals surface area contributed by atoms with Gasteiger partial charge in [-0.1, -0.05) is 42.5 Å². The molecule has 1 N–H and O–H groups in total. The van der Waals surface area contributed by atoms with Crippen LogP contribution in [0.3, 0.4) is 0 Å². The molecule has 1 fully saturated rings. The number of aromatic nitrogens is 1. The van der Waals surface area contributed by atoms with E-state index in [-0.39, 0.29) is 11.8 Å². The van der Waals surface area contributed by atoms with Crippen molar-refractivity contribution < 1.29 is 14.3 Å². The first-order valence-corrected chi connectivity index (χ1v) is 8.73. The van der Waals surface area contributed by atoms with Crippen LogP contribution >= 0.6 is 0 Å². The van der Waals surface area contributed by atoms with Crippen molar-refractivity contribution in [3.63, 3.8) is 0 Å². The number of rotatable bonds is 3. The van der Waals surface area contributed by atoms with E-state index in [1.807, 2.05) is 42.5 Å². The van der Waals surface area contributed by atoms with Gasteiger partial charge in [0.15, 0.2) is 12.2 Å². The Bertz CT molecular complexity index is 860. The van der Waals surface area contributed by atoms with Crippen LogP contribution in [0.4, 0.5) is 0 Å². The van der Waals surface area contributed by atoms with E-state index < -0.39 is 6.10 Å². The van der Waals surface area contributed by atoms with Crippen molar-refractivity contribution >= 4 is 5.91 Å². The SMILES string of the molecule is O=C(c1ccc(-c2cnco2)cc1)N1CC[C@H](c2ccccc2)[C@H](O)C1. The number of benzene rings is 2. The molecule has 5 heteroatoms. The average Bonchev–Trinajstić information content (AvgIpc) is 3.23. The van der Waals surface area contributed by atoms with Gasteiger partial charge in [-0.3, -0.25) is 4.79 Å². The van der Waals surface area contributed by atoms with E-state index in [0.29, 0.717) is 24.4 Å². The normalized spacial score (nSPS) is 20.1. The highest BCUT2D eigenvalue weighted by Gasteiger charge is 2.31. The highest BCUT2D eigenvalue weighted by Crippen LogP contribution is 2.29. The van der Waals surface area contributed by atoms with Crippen LogP contribution in [-0.2, 0) is 0 Å². The second kappa shape index (κ2) is 7.14. The minimum absolute atomic E-state index is 0.0559. The van der Waals surface area contributed by atoms with Crippen LogP contribution in [0.1, 0.15) is 28.3 Å². The fourth-order valence-corrected chi connectivity index (χ4v) is 3.52. The maximum atomic E-state index is 12.8. The molecule has 0 radical (unpaired) electrons. The van der Waals surface area contributed by atoms with E-state index in [2.05, 4.69) is 4.98 Å². The first kappa shape index (κ1) is 16.5. The highest BCUT2D eigenvalue weighted by molar-refractivity contribution is 5.94. The van der Waals surface area contributed by atoms with Gasteiger partial charge in [0.2, 0.25) is 0 Å². The maximum absolute atomic E-state index is 12.8. The maximum Gasteiger partial charge on any atom is 0.253 e. The molecule has 1 aromatic heterocycles. The second-order valence-corrected chi connectivity index (χ2v) is 6.57. The number of β-amino-alcohol motifs (C(OH)–C–C–N with tert-alkyl or cyclic N) is 1. The lowest BCUT2D eigenvalue weighted by Gasteiger charge is -2.36. The standard InChI is InChI=1S/C21H20N2O3/c24-19-13-23(11-10-18(19)15-4-2-1-3-5-15)21(25)17-8-6-16(7-9-17)20-12-22-14-26-20/h1-9,12,14,18-19,24H,10-11,13H2/t18-,19-/m1/s1. The molecule has 0 spiro atoms. The van der Waals surface area contributed by atoms with Crippen LogP contribution in [-0.4, -0.2) is 40.1 Å². The topological polar surface area (TPSA) is 66.6 Å². The summed E-state index contributed by atoms with van der Waals surface area (Å²) in [4.78, 5) is 18.4. The fourth-order valence-electron chi connectivity index (χ4n) is 3.52. The molecule has 5 nitrogen and oxygen atoms in total. The Morgan fingerprint density at radius 2 is 1.88 bits per heavy atom. The summed E-state index contributed by atoms with van der Waals surface area (Å²) in [5.74, 6) is 0.692. The number of piperidine rings is 1. The van der Waals surface area contributed by atoms with Gasteiger partial charge in [-0.2, -0.15) is 0 Å². The number of carbonyl (C=O) groups is 1. The number of carbonyl (C=O) groups excluding carboxylic acids is 1. The van der Waals surface area contributed by atoms with Crippen LogP contribution in [0.15, 0.2) is 71.6 Å². The summed E-state index contributed by atoms with van der Waals surface area (Å²) < 4.78 is 5.26. The first-order chi connectivity index (χ1) is 12.7. The van der Waals surface area contributed by atoms with E-state index in [1.54, 1.807) is 23.2 Å². The van der Waals surface area contributed by atoms with Crippen molar-refractivity contribution in [3.8, 4) is 11.3 Å². The Morgan fingerprint density at radius 3 is 2.54 bits per heavy atom. The first-order valence-electron chi connectivity index (χ1n) is 8.73. The number of aliphatic hydroxyl groups is 1. The van der Waals surface area contributed by atoms with E-state index in [9.17, 15) is 9.90 Å². The van der Waals surface area contributed by atoms with Gasteiger partial charge in [-0.15, -0.1) is 0 Å². The molecule has 0 unspecified atom stereocenters. The lowest BCUT2D eigenvalue weighted by Crippen LogP contribution is -2.45. The van der Waals surface area contributed by atoms with E-state index in [4.69, 9.17) is 4.42 Å². The second-order valence-electron chi connectivity index (χ2n) is 6.57. The number of amides is 1. The van der Waals surface area contributed by atoms with Crippen LogP contribution in [0.25, 0.3) is 11.3 Å². The summed E-state index contributed by atoms with van der Waals surface area (Å²) in [6, 6.07) is 17.3. The Labute approximate surface area is 151 Å². The Balaban J connectivity index is 1.44. The van der Waals surface area contributed by atoms with Gasteiger partial charge < -0.3 is 14.4 Å². The van der Waals surface area contributed by atoms with Crippen molar-refractivity contribution in [2.45, 2.75) is 18.4 Å². The quantitative estimate of drug-likeness (QED) is 0.788. The Morgan fingerprint density at radius 1 is 1.12 bits per heavy atom. The highest BCUT2D eigenvalue weighted by atomic mass is 16.3. The molecule has 1 saturated heterocycles. The summed E-state index contributed by atoms with van der Waals surface area (Å²) >= 11 is 0. The molecule has 3 aromatic rings. The van der Waals surface area contributed by atoms with Crippen molar-refractivity contribution in [2.24, 2.45) is 0 Å². The number of oxazole rings is 1. The van der Waals surface area contributed by atoms with Crippen LogP contribution < -0.4 is 0 Å².